The Hall–Kier alpha value is -1.06. The van der Waals surface area contributed by atoms with Crippen molar-refractivity contribution < 1.29 is 4.79 Å². The summed E-state index contributed by atoms with van der Waals surface area (Å²) in [6, 6.07) is 8.29. The van der Waals surface area contributed by atoms with E-state index >= 15 is 0 Å². The van der Waals surface area contributed by atoms with Gasteiger partial charge in [-0.15, -0.1) is 12.4 Å². The molecule has 0 heterocycles. The van der Waals surface area contributed by atoms with E-state index in [1.807, 2.05) is 19.2 Å². The quantitative estimate of drug-likeness (QED) is 0.876. The average molecular weight is 299 g/mol. The van der Waals surface area contributed by atoms with Crippen LogP contribution in [-0.2, 0) is 4.79 Å². The Morgan fingerprint density at radius 2 is 1.85 bits per heavy atom. The molecule has 114 valence electrons. The molecule has 0 fully saturated rings. The van der Waals surface area contributed by atoms with Crippen LogP contribution in [0.15, 0.2) is 24.3 Å². The van der Waals surface area contributed by atoms with Gasteiger partial charge in [0.1, 0.15) is 0 Å². The Kier molecular flexibility index (Phi) is 7.84. The predicted octanol–water partition coefficient (Wildman–Crippen LogP) is 3.23. The Morgan fingerprint density at radius 1 is 1.25 bits per heavy atom. The standard InChI is InChI=1S/C16H26N2O.ClH/c1-12-8-6-7-9-13(12)15(16(2,3)4)18-14(19)10-11-17-5;/h6-9,15,17H,10-11H2,1-5H3,(H,18,19);1H. The fourth-order valence-electron chi connectivity index (χ4n) is 2.14. The van der Waals surface area contributed by atoms with E-state index < -0.39 is 0 Å². The summed E-state index contributed by atoms with van der Waals surface area (Å²) >= 11 is 0. The van der Waals surface area contributed by atoms with Gasteiger partial charge in [-0.3, -0.25) is 4.79 Å². The van der Waals surface area contributed by atoms with Crippen LogP contribution in [0.25, 0.3) is 0 Å². The van der Waals surface area contributed by atoms with Crippen molar-refractivity contribution in [1.29, 1.82) is 0 Å². The Labute approximate surface area is 128 Å². The van der Waals surface area contributed by atoms with Gasteiger partial charge in [0.25, 0.3) is 0 Å². The molecule has 0 spiro atoms. The van der Waals surface area contributed by atoms with Gasteiger partial charge < -0.3 is 10.6 Å². The second-order valence-electron chi connectivity index (χ2n) is 6.08. The highest BCUT2D eigenvalue weighted by Crippen LogP contribution is 2.34. The SMILES string of the molecule is CNCCC(=O)NC(c1ccccc1C)C(C)(C)C.Cl. The zero-order valence-corrected chi connectivity index (χ0v) is 13.9. The molecule has 0 aromatic heterocycles. The second-order valence-corrected chi connectivity index (χ2v) is 6.08. The monoisotopic (exact) mass is 298 g/mol. The molecule has 4 heteroatoms. The maximum absolute atomic E-state index is 12.0. The molecule has 0 saturated carbocycles. The molecule has 2 N–H and O–H groups in total. The Bertz CT molecular complexity index is 427. The number of amides is 1. The first kappa shape index (κ1) is 18.9. The van der Waals surface area contributed by atoms with Crippen molar-refractivity contribution >= 4 is 18.3 Å². The van der Waals surface area contributed by atoms with Crippen molar-refractivity contribution in [2.75, 3.05) is 13.6 Å². The van der Waals surface area contributed by atoms with Gasteiger partial charge in [-0.2, -0.15) is 0 Å². The molecule has 0 saturated heterocycles. The van der Waals surface area contributed by atoms with Crippen molar-refractivity contribution in [2.45, 2.75) is 40.2 Å². The van der Waals surface area contributed by atoms with Crippen molar-refractivity contribution in [2.24, 2.45) is 5.41 Å². The van der Waals surface area contributed by atoms with E-state index in [0.717, 1.165) is 0 Å². The lowest BCUT2D eigenvalue weighted by Gasteiger charge is -2.33. The highest BCUT2D eigenvalue weighted by Gasteiger charge is 2.28. The lowest BCUT2D eigenvalue weighted by atomic mass is 9.81. The summed E-state index contributed by atoms with van der Waals surface area (Å²) in [7, 11) is 1.86. The molecule has 1 unspecified atom stereocenters. The lowest BCUT2D eigenvalue weighted by Crippen LogP contribution is -2.37. The number of carbonyl (C=O) groups excluding carboxylic acids is 1. The molecule has 0 aliphatic heterocycles. The fourth-order valence-corrected chi connectivity index (χ4v) is 2.14. The molecule has 0 radical (unpaired) electrons. The van der Waals surface area contributed by atoms with Crippen LogP contribution in [0.1, 0.15) is 44.4 Å². The molecule has 20 heavy (non-hydrogen) atoms. The largest absolute Gasteiger partial charge is 0.349 e. The van der Waals surface area contributed by atoms with Gasteiger partial charge >= 0.3 is 0 Å². The zero-order chi connectivity index (χ0) is 14.5. The summed E-state index contributed by atoms with van der Waals surface area (Å²) in [5.74, 6) is 0.0949. The topological polar surface area (TPSA) is 41.1 Å². The van der Waals surface area contributed by atoms with Crippen LogP contribution in [-0.4, -0.2) is 19.5 Å². The summed E-state index contributed by atoms with van der Waals surface area (Å²) in [6.07, 6.45) is 0.509. The first-order chi connectivity index (χ1) is 8.86. The van der Waals surface area contributed by atoms with Gasteiger partial charge in [0.05, 0.1) is 6.04 Å². The van der Waals surface area contributed by atoms with Crippen LogP contribution in [0, 0.1) is 12.3 Å². The van der Waals surface area contributed by atoms with Gasteiger partial charge in [0.2, 0.25) is 5.91 Å². The Morgan fingerprint density at radius 3 is 2.35 bits per heavy atom. The van der Waals surface area contributed by atoms with Crippen LogP contribution in [0.2, 0.25) is 0 Å². The maximum Gasteiger partial charge on any atom is 0.221 e. The van der Waals surface area contributed by atoms with Crippen molar-refractivity contribution in [3.05, 3.63) is 35.4 Å². The third-order valence-corrected chi connectivity index (χ3v) is 3.27. The van der Waals surface area contributed by atoms with Crippen LogP contribution >= 0.6 is 12.4 Å². The van der Waals surface area contributed by atoms with E-state index in [-0.39, 0.29) is 29.8 Å². The number of hydrogen-bond acceptors (Lipinski definition) is 2. The minimum atomic E-state index is -0.0125. The molecular formula is C16H27ClN2O. The summed E-state index contributed by atoms with van der Waals surface area (Å²) in [4.78, 5) is 12.0. The van der Waals surface area contributed by atoms with Crippen molar-refractivity contribution in [3.63, 3.8) is 0 Å². The second kappa shape index (κ2) is 8.28. The van der Waals surface area contributed by atoms with E-state index in [1.54, 1.807) is 0 Å². The molecule has 1 aromatic rings. The van der Waals surface area contributed by atoms with Crippen molar-refractivity contribution in [3.8, 4) is 0 Å². The van der Waals surface area contributed by atoms with Gasteiger partial charge in [0, 0.05) is 13.0 Å². The van der Waals surface area contributed by atoms with Crippen LogP contribution in [0.5, 0.6) is 0 Å². The molecule has 3 nitrogen and oxygen atoms in total. The summed E-state index contributed by atoms with van der Waals surface area (Å²) in [5.41, 5.74) is 2.41. The molecule has 1 rings (SSSR count). The smallest absolute Gasteiger partial charge is 0.221 e. The normalized spacial score (nSPS) is 12.4. The number of halogens is 1. The number of hydrogen-bond donors (Lipinski definition) is 2. The first-order valence-corrected chi connectivity index (χ1v) is 6.85. The highest BCUT2D eigenvalue weighted by molar-refractivity contribution is 5.85. The van der Waals surface area contributed by atoms with Gasteiger partial charge in [0.15, 0.2) is 0 Å². The minimum Gasteiger partial charge on any atom is -0.349 e. The molecule has 0 aliphatic carbocycles. The fraction of sp³-hybridized carbons (Fsp3) is 0.562. The Balaban J connectivity index is 0.00000361. The van der Waals surface area contributed by atoms with E-state index in [4.69, 9.17) is 0 Å². The van der Waals surface area contributed by atoms with Crippen LogP contribution in [0.4, 0.5) is 0 Å². The average Bonchev–Trinajstić information content (AvgIpc) is 2.33. The number of benzene rings is 1. The molecule has 0 aliphatic rings. The molecule has 1 atom stereocenters. The van der Waals surface area contributed by atoms with E-state index in [0.29, 0.717) is 13.0 Å². The zero-order valence-electron chi connectivity index (χ0n) is 13.1. The lowest BCUT2D eigenvalue weighted by molar-refractivity contribution is -0.122. The highest BCUT2D eigenvalue weighted by atomic mass is 35.5. The molecular weight excluding hydrogens is 272 g/mol. The number of aryl methyl sites for hydroxylation is 1. The van der Waals surface area contributed by atoms with Gasteiger partial charge in [-0.05, 0) is 30.5 Å². The van der Waals surface area contributed by atoms with E-state index in [1.165, 1.54) is 11.1 Å². The van der Waals surface area contributed by atoms with Crippen LogP contribution in [0.3, 0.4) is 0 Å². The number of rotatable bonds is 5. The number of carbonyl (C=O) groups is 1. The summed E-state index contributed by atoms with van der Waals surface area (Å²) in [6.45, 7) is 9.26. The third kappa shape index (κ3) is 5.51. The van der Waals surface area contributed by atoms with E-state index in [9.17, 15) is 4.79 Å². The molecule has 1 aromatic carbocycles. The van der Waals surface area contributed by atoms with E-state index in [2.05, 4.69) is 50.5 Å². The first-order valence-electron chi connectivity index (χ1n) is 6.85. The maximum atomic E-state index is 12.0. The van der Waals surface area contributed by atoms with Crippen molar-refractivity contribution in [1.82, 2.24) is 10.6 Å². The summed E-state index contributed by atoms with van der Waals surface area (Å²) < 4.78 is 0. The van der Waals surface area contributed by atoms with Gasteiger partial charge in [-0.25, -0.2) is 0 Å². The summed E-state index contributed by atoms with van der Waals surface area (Å²) in [5, 5.41) is 6.17. The molecule has 0 bridgehead atoms. The third-order valence-electron chi connectivity index (χ3n) is 3.27. The molecule has 1 amide bonds. The minimum absolute atomic E-state index is 0. The number of nitrogens with one attached hydrogen (secondary N) is 2. The predicted molar refractivity (Wildman–Crippen MR) is 87.3 cm³/mol. The van der Waals surface area contributed by atoms with Crippen LogP contribution < -0.4 is 10.6 Å². The van der Waals surface area contributed by atoms with Gasteiger partial charge in [-0.1, -0.05) is 45.0 Å².